The van der Waals surface area contributed by atoms with Gasteiger partial charge in [0, 0.05) is 19.0 Å². The van der Waals surface area contributed by atoms with Crippen LogP contribution in [0.1, 0.15) is 34.7 Å². The van der Waals surface area contributed by atoms with Gasteiger partial charge in [-0.2, -0.15) is 0 Å². The molecule has 1 fully saturated rings. The molecule has 1 amide bonds. The van der Waals surface area contributed by atoms with E-state index >= 15 is 0 Å². The van der Waals surface area contributed by atoms with Gasteiger partial charge in [-0.15, -0.1) is 0 Å². The smallest absolute Gasteiger partial charge is 0.257 e. The molecule has 0 spiro atoms. The van der Waals surface area contributed by atoms with E-state index in [1.165, 1.54) is 0 Å². The highest BCUT2D eigenvalue weighted by Crippen LogP contribution is 2.21. The van der Waals surface area contributed by atoms with E-state index in [0.29, 0.717) is 24.4 Å². The summed E-state index contributed by atoms with van der Waals surface area (Å²) in [6, 6.07) is 1.77. The minimum absolute atomic E-state index is 0.00712. The number of oxime groups is 1. The predicted octanol–water partition coefficient (Wildman–Crippen LogP) is 1.50. The van der Waals surface area contributed by atoms with E-state index in [1.807, 2.05) is 6.92 Å². The summed E-state index contributed by atoms with van der Waals surface area (Å²) in [4.78, 5) is 14.1. The quantitative estimate of drug-likeness (QED) is 0.367. The number of hydrogen-bond acceptors (Lipinski definition) is 4. The van der Waals surface area contributed by atoms with Crippen LogP contribution in [0.2, 0.25) is 0 Å². The van der Waals surface area contributed by atoms with Crippen LogP contribution in [0, 0.1) is 19.8 Å². The number of furan rings is 1. The Morgan fingerprint density at radius 3 is 2.58 bits per heavy atom. The van der Waals surface area contributed by atoms with Gasteiger partial charge >= 0.3 is 0 Å². The summed E-state index contributed by atoms with van der Waals surface area (Å²) in [6.45, 7) is 4.85. The number of amides is 1. The number of carbonyl (C=O) groups is 1. The maximum Gasteiger partial charge on any atom is 0.257 e. The molecule has 1 saturated heterocycles. The second-order valence-corrected chi connectivity index (χ2v) is 4.92. The normalized spacial score (nSPS) is 17.8. The third-order valence-corrected chi connectivity index (χ3v) is 3.59. The first-order chi connectivity index (χ1) is 9.02. The summed E-state index contributed by atoms with van der Waals surface area (Å²) in [6.07, 6.45) is 1.44. The number of hydrogen-bond donors (Lipinski definition) is 2. The molecule has 6 heteroatoms. The average molecular weight is 265 g/mol. The summed E-state index contributed by atoms with van der Waals surface area (Å²) >= 11 is 0. The fraction of sp³-hybridized carbons (Fsp3) is 0.538. The molecule has 19 heavy (non-hydrogen) atoms. The Morgan fingerprint density at radius 2 is 2.11 bits per heavy atom. The summed E-state index contributed by atoms with van der Waals surface area (Å²) < 4.78 is 5.38. The van der Waals surface area contributed by atoms with Crippen molar-refractivity contribution in [2.75, 3.05) is 13.1 Å². The van der Waals surface area contributed by atoms with Crippen LogP contribution in [-0.2, 0) is 0 Å². The van der Waals surface area contributed by atoms with Crippen molar-refractivity contribution in [3.63, 3.8) is 0 Å². The molecule has 0 atom stereocenters. The summed E-state index contributed by atoms with van der Waals surface area (Å²) in [7, 11) is 0. The third-order valence-electron chi connectivity index (χ3n) is 3.59. The number of likely N-dealkylation sites (tertiary alicyclic amines) is 1. The number of aryl methyl sites for hydroxylation is 2. The lowest BCUT2D eigenvalue weighted by Crippen LogP contribution is -2.41. The van der Waals surface area contributed by atoms with Gasteiger partial charge in [-0.25, -0.2) is 0 Å². The highest BCUT2D eigenvalue weighted by atomic mass is 16.4. The number of nitrogens with two attached hydrogens (primary N) is 1. The predicted molar refractivity (Wildman–Crippen MR) is 70.2 cm³/mol. The highest BCUT2D eigenvalue weighted by Gasteiger charge is 2.27. The van der Waals surface area contributed by atoms with E-state index in [1.54, 1.807) is 17.9 Å². The fourth-order valence-electron chi connectivity index (χ4n) is 2.47. The van der Waals surface area contributed by atoms with Crippen LogP contribution in [0.5, 0.6) is 0 Å². The Labute approximate surface area is 111 Å². The Balaban J connectivity index is 2.02. The zero-order chi connectivity index (χ0) is 14.0. The van der Waals surface area contributed by atoms with Gasteiger partial charge in [0.15, 0.2) is 0 Å². The van der Waals surface area contributed by atoms with Crippen molar-refractivity contribution in [1.82, 2.24) is 4.90 Å². The van der Waals surface area contributed by atoms with Crippen LogP contribution < -0.4 is 5.73 Å². The first-order valence-electron chi connectivity index (χ1n) is 6.36. The molecule has 1 aromatic heterocycles. The molecule has 0 aliphatic carbocycles. The number of amidine groups is 1. The Hall–Kier alpha value is -1.98. The molecule has 1 aliphatic rings. The van der Waals surface area contributed by atoms with E-state index in [2.05, 4.69) is 5.16 Å². The van der Waals surface area contributed by atoms with Gasteiger partial charge < -0.3 is 20.3 Å². The van der Waals surface area contributed by atoms with E-state index in [9.17, 15) is 4.79 Å². The number of rotatable bonds is 2. The molecule has 0 aromatic carbocycles. The molecule has 0 radical (unpaired) electrons. The van der Waals surface area contributed by atoms with Crippen LogP contribution in [0.25, 0.3) is 0 Å². The SMILES string of the molecule is Cc1cc(C(=O)N2CCC(C(N)=NO)CC2)c(C)o1. The lowest BCUT2D eigenvalue weighted by atomic mass is 9.95. The van der Waals surface area contributed by atoms with Crippen LogP contribution in [0.15, 0.2) is 15.6 Å². The average Bonchev–Trinajstić information content (AvgIpc) is 2.76. The molecule has 0 unspecified atom stereocenters. The van der Waals surface area contributed by atoms with Crippen LogP contribution in [0.4, 0.5) is 0 Å². The van der Waals surface area contributed by atoms with Crippen molar-refractivity contribution in [2.45, 2.75) is 26.7 Å². The first kappa shape index (κ1) is 13.5. The summed E-state index contributed by atoms with van der Waals surface area (Å²) in [5.74, 6) is 1.70. The zero-order valence-electron chi connectivity index (χ0n) is 11.2. The standard InChI is InChI=1S/C13H19N3O3/c1-8-7-11(9(2)19-8)13(17)16-5-3-10(4-6-16)12(14)15-18/h7,10,18H,3-6H2,1-2H3,(H2,14,15). The van der Waals surface area contributed by atoms with Crippen LogP contribution in [-0.4, -0.2) is 34.9 Å². The molecule has 0 bridgehead atoms. The number of carbonyl (C=O) groups excluding carboxylic acids is 1. The van der Waals surface area contributed by atoms with Gasteiger partial charge in [-0.3, -0.25) is 4.79 Å². The van der Waals surface area contributed by atoms with Gasteiger partial charge in [0.1, 0.15) is 17.4 Å². The molecule has 1 aromatic rings. The van der Waals surface area contributed by atoms with Gasteiger partial charge in [-0.1, -0.05) is 5.16 Å². The van der Waals surface area contributed by atoms with Gasteiger partial charge in [0.25, 0.3) is 5.91 Å². The maximum absolute atomic E-state index is 12.3. The minimum Gasteiger partial charge on any atom is -0.466 e. The number of nitrogens with zero attached hydrogens (tertiary/aromatic N) is 2. The minimum atomic E-state index is -0.00712. The van der Waals surface area contributed by atoms with Crippen molar-refractivity contribution in [3.8, 4) is 0 Å². The lowest BCUT2D eigenvalue weighted by molar-refractivity contribution is 0.0707. The van der Waals surface area contributed by atoms with E-state index in [4.69, 9.17) is 15.4 Å². The van der Waals surface area contributed by atoms with Crippen molar-refractivity contribution in [3.05, 3.63) is 23.2 Å². The molecule has 2 rings (SSSR count). The zero-order valence-corrected chi connectivity index (χ0v) is 11.2. The van der Waals surface area contributed by atoms with Crippen molar-refractivity contribution in [1.29, 1.82) is 0 Å². The Kier molecular flexibility index (Phi) is 3.78. The third kappa shape index (κ3) is 2.72. The van der Waals surface area contributed by atoms with E-state index < -0.39 is 0 Å². The molecule has 2 heterocycles. The van der Waals surface area contributed by atoms with Crippen molar-refractivity contribution >= 4 is 11.7 Å². The molecular formula is C13H19N3O3. The molecule has 1 aliphatic heterocycles. The molecular weight excluding hydrogens is 246 g/mol. The Bertz CT molecular complexity index is 499. The lowest BCUT2D eigenvalue weighted by Gasteiger charge is -2.31. The van der Waals surface area contributed by atoms with Gasteiger partial charge in [0.05, 0.1) is 5.56 Å². The molecule has 6 nitrogen and oxygen atoms in total. The summed E-state index contributed by atoms with van der Waals surface area (Å²) in [5, 5.41) is 11.7. The van der Waals surface area contributed by atoms with Gasteiger partial charge in [-0.05, 0) is 32.8 Å². The molecule has 0 saturated carbocycles. The first-order valence-corrected chi connectivity index (χ1v) is 6.36. The second-order valence-electron chi connectivity index (χ2n) is 4.92. The van der Waals surface area contributed by atoms with Crippen LogP contribution in [0.3, 0.4) is 0 Å². The second kappa shape index (κ2) is 5.34. The van der Waals surface area contributed by atoms with Crippen molar-refractivity contribution in [2.24, 2.45) is 16.8 Å². The topological polar surface area (TPSA) is 92.1 Å². The number of piperidine rings is 1. The van der Waals surface area contributed by atoms with E-state index in [-0.39, 0.29) is 17.7 Å². The molecule has 3 N–H and O–H groups in total. The van der Waals surface area contributed by atoms with E-state index in [0.717, 1.165) is 18.6 Å². The Morgan fingerprint density at radius 1 is 1.47 bits per heavy atom. The highest BCUT2D eigenvalue weighted by molar-refractivity contribution is 5.95. The van der Waals surface area contributed by atoms with Crippen LogP contribution >= 0.6 is 0 Å². The fourth-order valence-corrected chi connectivity index (χ4v) is 2.47. The summed E-state index contributed by atoms with van der Waals surface area (Å²) in [5.41, 5.74) is 6.21. The maximum atomic E-state index is 12.3. The monoisotopic (exact) mass is 265 g/mol. The van der Waals surface area contributed by atoms with Crippen molar-refractivity contribution < 1.29 is 14.4 Å². The van der Waals surface area contributed by atoms with Gasteiger partial charge in [0.2, 0.25) is 0 Å². The largest absolute Gasteiger partial charge is 0.466 e. The molecule has 104 valence electrons.